The topological polar surface area (TPSA) is 80.2 Å². The van der Waals surface area contributed by atoms with Crippen LogP contribution < -0.4 is 19.8 Å². The maximum atomic E-state index is 13.1. The highest BCUT2D eigenvalue weighted by molar-refractivity contribution is 9.10. The van der Waals surface area contributed by atoms with Crippen molar-refractivity contribution in [2.24, 2.45) is 5.10 Å². The third-order valence-corrected chi connectivity index (χ3v) is 5.88. The summed E-state index contributed by atoms with van der Waals surface area (Å²) in [6.45, 7) is 5.91. The molecule has 0 bridgehead atoms. The molecule has 0 saturated carbocycles. The Morgan fingerprint density at radius 2 is 1.81 bits per heavy atom. The van der Waals surface area contributed by atoms with Crippen molar-refractivity contribution >= 4 is 50.9 Å². The highest BCUT2D eigenvalue weighted by Gasteiger charge is 2.28. The van der Waals surface area contributed by atoms with Crippen molar-refractivity contribution in [1.29, 1.82) is 0 Å². The molecule has 1 aliphatic rings. The molecule has 36 heavy (non-hydrogen) atoms. The largest absolute Gasteiger partial charge is 0.490 e. The SMILES string of the molecule is CCOc1cc(/C=C2/C(=O)N(c3cccc(Br)c3)N=C2C)ccc1OCC(=O)Nc1ccc(C)cc1. The van der Waals surface area contributed by atoms with Crippen molar-refractivity contribution in [3.05, 3.63) is 87.9 Å². The molecule has 7 nitrogen and oxygen atoms in total. The molecule has 0 saturated heterocycles. The van der Waals surface area contributed by atoms with Crippen LogP contribution in [0.3, 0.4) is 0 Å². The number of ether oxygens (including phenoxy) is 2. The van der Waals surface area contributed by atoms with E-state index in [1.165, 1.54) is 5.01 Å². The molecule has 3 aromatic rings. The standard InChI is InChI=1S/C28H26BrN3O4/c1-4-35-26-15-20(10-13-25(26)36-17-27(33)30-22-11-8-18(2)9-12-22)14-24-19(3)31-32(28(24)34)23-7-5-6-21(29)16-23/h5-16H,4,17H2,1-3H3,(H,30,33)/b24-14+. The summed E-state index contributed by atoms with van der Waals surface area (Å²) in [6, 6.07) is 20.3. The number of anilines is 2. The van der Waals surface area contributed by atoms with E-state index in [4.69, 9.17) is 9.47 Å². The number of halogens is 1. The number of carbonyl (C=O) groups is 2. The van der Waals surface area contributed by atoms with Crippen molar-refractivity contribution in [3.63, 3.8) is 0 Å². The van der Waals surface area contributed by atoms with E-state index in [1.807, 2.05) is 68.4 Å². The van der Waals surface area contributed by atoms with Gasteiger partial charge < -0.3 is 14.8 Å². The number of hydrogen-bond acceptors (Lipinski definition) is 5. The summed E-state index contributed by atoms with van der Waals surface area (Å²) in [5, 5.41) is 8.63. The summed E-state index contributed by atoms with van der Waals surface area (Å²) >= 11 is 3.43. The first-order chi connectivity index (χ1) is 17.3. The van der Waals surface area contributed by atoms with Crippen LogP contribution in [0.4, 0.5) is 11.4 Å². The zero-order chi connectivity index (χ0) is 25.7. The quantitative estimate of drug-likeness (QED) is 0.352. The van der Waals surface area contributed by atoms with E-state index in [0.717, 1.165) is 15.6 Å². The molecule has 1 N–H and O–H groups in total. The van der Waals surface area contributed by atoms with Crippen LogP contribution in [0, 0.1) is 6.92 Å². The first-order valence-electron chi connectivity index (χ1n) is 11.5. The van der Waals surface area contributed by atoms with Crippen LogP contribution >= 0.6 is 15.9 Å². The minimum atomic E-state index is -0.275. The van der Waals surface area contributed by atoms with Gasteiger partial charge in [-0.25, -0.2) is 0 Å². The van der Waals surface area contributed by atoms with E-state index in [1.54, 1.807) is 25.1 Å². The fourth-order valence-corrected chi connectivity index (χ4v) is 4.00. The number of amides is 2. The van der Waals surface area contributed by atoms with Crippen molar-refractivity contribution in [2.75, 3.05) is 23.5 Å². The summed E-state index contributed by atoms with van der Waals surface area (Å²) in [7, 11) is 0. The summed E-state index contributed by atoms with van der Waals surface area (Å²) in [6.07, 6.45) is 1.77. The maximum Gasteiger partial charge on any atom is 0.280 e. The van der Waals surface area contributed by atoms with E-state index in [2.05, 4.69) is 26.3 Å². The number of nitrogens with one attached hydrogen (secondary N) is 1. The lowest BCUT2D eigenvalue weighted by atomic mass is 10.1. The van der Waals surface area contributed by atoms with Crippen LogP contribution in [0.1, 0.15) is 25.0 Å². The van der Waals surface area contributed by atoms with Crippen molar-refractivity contribution in [1.82, 2.24) is 0 Å². The zero-order valence-corrected chi connectivity index (χ0v) is 21.8. The first-order valence-corrected chi connectivity index (χ1v) is 12.3. The molecule has 0 atom stereocenters. The highest BCUT2D eigenvalue weighted by atomic mass is 79.9. The second-order valence-corrected chi connectivity index (χ2v) is 9.10. The number of hydrogen-bond donors (Lipinski definition) is 1. The molecule has 1 aliphatic heterocycles. The van der Waals surface area contributed by atoms with Gasteiger partial charge in [-0.05, 0) is 74.9 Å². The Labute approximate surface area is 218 Å². The Morgan fingerprint density at radius 1 is 1.03 bits per heavy atom. The fourth-order valence-electron chi connectivity index (χ4n) is 3.61. The van der Waals surface area contributed by atoms with Crippen molar-refractivity contribution in [3.8, 4) is 11.5 Å². The van der Waals surface area contributed by atoms with Crippen LogP contribution in [0.15, 0.2) is 81.9 Å². The normalized spacial score (nSPS) is 14.1. The predicted molar refractivity (Wildman–Crippen MR) is 146 cm³/mol. The molecule has 0 aliphatic carbocycles. The van der Waals surface area contributed by atoms with Gasteiger partial charge in [-0.15, -0.1) is 0 Å². The van der Waals surface area contributed by atoms with Gasteiger partial charge in [0.25, 0.3) is 11.8 Å². The molecule has 0 unspecified atom stereocenters. The first kappa shape index (κ1) is 25.2. The molecule has 0 radical (unpaired) electrons. The lowest BCUT2D eigenvalue weighted by Crippen LogP contribution is -2.21. The molecule has 3 aromatic carbocycles. The second-order valence-electron chi connectivity index (χ2n) is 8.18. The Hall–Kier alpha value is -3.91. The molecule has 8 heteroatoms. The number of benzene rings is 3. The zero-order valence-electron chi connectivity index (χ0n) is 20.2. The maximum absolute atomic E-state index is 13.1. The molecule has 1 heterocycles. The Balaban J connectivity index is 1.48. The molecule has 184 valence electrons. The smallest absolute Gasteiger partial charge is 0.280 e. The van der Waals surface area contributed by atoms with Crippen molar-refractivity contribution in [2.45, 2.75) is 20.8 Å². The minimum absolute atomic E-state index is 0.166. The summed E-state index contributed by atoms with van der Waals surface area (Å²) in [4.78, 5) is 25.4. The monoisotopic (exact) mass is 547 g/mol. The minimum Gasteiger partial charge on any atom is -0.490 e. The van der Waals surface area contributed by atoms with Gasteiger partial charge in [0, 0.05) is 10.2 Å². The number of aryl methyl sites for hydroxylation is 1. The average molecular weight is 548 g/mol. The molecular weight excluding hydrogens is 522 g/mol. The van der Waals surface area contributed by atoms with Gasteiger partial charge in [0.1, 0.15) is 0 Å². The van der Waals surface area contributed by atoms with Crippen LogP contribution in [0.5, 0.6) is 11.5 Å². The Morgan fingerprint density at radius 3 is 2.53 bits per heavy atom. The number of carbonyl (C=O) groups excluding carboxylic acids is 2. The molecular formula is C28H26BrN3O4. The van der Waals surface area contributed by atoms with Crippen molar-refractivity contribution < 1.29 is 19.1 Å². The lowest BCUT2D eigenvalue weighted by Gasteiger charge is -2.13. The van der Waals surface area contributed by atoms with Gasteiger partial charge in [0.15, 0.2) is 18.1 Å². The molecule has 4 rings (SSSR count). The van der Waals surface area contributed by atoms with Gasteiger partial charge in [-0.3, -0.25) is 9.59 Å². The number of rotatable bonds is 8. The van der Waals surface area contributed by atoms with Crippen LogP contribution in [-0.4, -0.2) is 30.7 Å². The molecule has 0 fully saturated rings. The van der Waals surface area contributed by atoms with Crippen LogP contribution in [-0.2, 0) is 9.59 Å². The summed E-state index contributed by atoms with van der Waals surface area (Å²) in [5.74, 6) is 0.441. The van der Waals surface area contributed by atoms with Gasteiger partial charge in [-0.1, -0.05) is 45.8 Å². The van der Waals surface area contributed by atoms with E-state index in [9.17, 15) is 9.59 Å². The van der Waals surface area contributed by atoms with E-state index in [0.29, 0.717) is 40.8 Å². The van der Waals surface area contributed by atoms with Gasteiger partial charge in [0.2, 0.25) is 0 Å². The average Bonchev–Trinajstić information content (AvgIpc) is 3.13. The predicted octanol–water partition coefficient (Wildman–Crippen LogP) is 5.98. The Bertz CT molecular complexity index is 1350. The van der Waals surface area contributed by atoms with E-state index < -0.39 is 0 Å². The lowest BCUT2D eigenvalue weighted by molar-refractivity contribution is -0.118. The van der Waals surface area contributed by atoms with Gasteiger partial charge in [-0.2, -0.15) is 10.1 Å². The van der Waals surface area contributed by atoms with Gasteiger partial charge >= 0.3 is 0 Å². The van der Waals surface area contributed by atoms with E-state index in [-0.39, 0.29) is 18.4 Å². The van der Waals surface area contributed by atoms with E-state index >= 15 is 0 Å². The Kier molecular flexibility index (Phi) is 7.85. The third-order valence-electron chi connectivity index (χ3n) is 5.39. The fraction of sp³-hybridized carbons (Fsp3) is 0.179. The summed E-state index contributed by atoms with van der Waals surface area (Å²) in [5.41, 5.74) is 4.36. The molecule has 0 aromatic heterocycles. The van der Waals surface area contributed by atoms with Gasteiger partial charge in [0.05, 0.1) is 23.6 Å². The van der Waals surface area contributed by atoms with Crippen LogP contribution in [0.25, 0.3) is 6.08 Å². The number of hydrazone groups is 1. The van der Waals surface area contributed by atoms with Crippen LogP contribution in [0.2, 0.25) is 0 Å². The second kappa shape index (κ2) is 11.2. The summed E-state index contributed by atoms with van der Waals surface area (Å²) < 4.78 is 12.3. The highest BCUT2D eigenvalue weighted by Crippen LogP contribution is 2.31. The molecule has 0 spiro atoms. The molecule has 2 amide bonds. The number of nitrogens with zero attached hydrogens (tertiary/aromatic N) is 2. The third kappa shape index (κ3) is 6.01.